The Morgan fingerprint density at radius 2 is 1.74 bits per heavy atom. The standard InChI is InChI=1S/C12H16Br3NO2S/c1-8-5-10(15)11(6-9(8)14)19(17,18)16(4)12(2,3)7-13/h5-6H,7H2,1-4H3. The molecule has 1 rings (SSSR count). The number of nitrogens with zero attached hydrogens (tertiary/aromatic N) is 1. The Morgan fingerprint density at radius 1 is 1.21 bits per heavy atom. The third-order valence-corrected chi connectivity index (χ3v) is 8.29. The first-order valence-electron chi connectivity index (χ1n) is 5.54. The van der Waals surface area contributed by atoms with E-state index in [2.05, 4.69) is 47.8 Å². The third kappa shape index (κ3) is 3.61. The fourth-order valence-electron chi connectivity index (χ4n) is 1.38. The molecule has 0 atom stereocenters. The molecule has 0 unspecified atom stereocenters. The Kier molecular flexibility index (Phi) is 5.69. The molecule has 7 heteroatoms. The number of halogens is 3. The summed E-state index contributed by atoms with van der Waals surface area (Å²) in [7, 11) is -1.96. The summed E-state index contributed by atoms with van der Waals surface area (Å²) >= 11 is 10.1. The van der Waals surface area contributed by atoms with E-state index in [1.165, 1.54) is 4.31 Å². The summed E-state index contributed by atoms with van der Waals surface area (Å²) in [6, 6.07) is 3.43. The summed E-state index contributed by atoms with van der Waals surface area (Å²) < 4.78 is 28.1. The van der Waals surface area contributed by atoms with E-state index in [1.807, 2.05) is 20.8 Å². The largest absolute Gasteiger partial charge is 0.244 e. The quantitative estimate of drug-likeness (QED) is 0.606. The van der Waals surface area contributed by atoms with Gasteiger partial charge in [0.05, 0.1) is 4.90 Å². The lowest BCUT2D eigenvalue weighted by Crippen LogP contribution is -2.46. The molecule has 0 saturated carbocycles. The molecule has 1 aromatic rings. The summed E-state index contributed by atoms with van der Waals surface area (Å²) in [5.41, 5.74) is 0.476. The van der Waals surface area contributed by atoms with Gasteiger partial charge in [-0.05, 0) is 54.4 Å². The van der Waals surface area contributed by atoms with Crippen LogP contribution in [0.5, 0.6) is 0 Å². The molecular weight excluding hydrogens is 462 g/mol. The smallest absolute Gasteiger partial charge is 0.207 e. The lowest BCUT2D eigenvalue weighted by atomic mass is 10.1. The second kappa shape index (κ2) is 6.13. The predicted octanol–water partition coefficient (Wildman–Crippen LogP) is 4.31. The minimum atomic E-state index is -3.55. The van der Waals surface area contributed by atoms with E-state index in [1.54, 1.807) is 19.2 Å². The van der Waals surface area contributed by atoms with Gasteiger partial charge < -0.3 is 0 Å². The van der Waals surface area contributed by atoms with Crippen molar-refractivity contribution in [1.82, 2.24) is 4.31 Å². The fourth-order valence-corrected chi connectivity index (χ4v) is 5.07. The molecule has 0 aromatic heterocycles. The minimum Gasteiger partial charge on any atom is -0.207 e. The second-order valence-electron chi connectivity index (χ2n) is 4.95. The van der Waals surface area contributed by atoms with Gasteiger partial charge in [-0.2, -0.15) is 4.31 Å². The highest BCUT2D eigenvalue weighted by molar-refractivity contribution is 9.11. The average Bonchev–Trinajstić information content (AvgIpc) is 2.32. The number of sulfonamides is 1. The molecule has 0 heterocycles. The van der Waals surface area contributed by atoms with Gasteiger partial charge in [0.2, 0.25) is 10.0 Å². The number of hydrogen-bond donors (Lipinski definition) is 0. The molecule has 0 aliphatic carbocycles. The van der Waals surface area contributed by atoms with Crippen LogP contribution in [0.1, 0.15) is 19.4 Å². The SMILES string of the molecule is Cc1cc(Br)c(S(=O)(=O)N(C)C(C)(C)CBr)cc1Br. The zero-order chi connectivity index (χ0) is 15.0. The van der Waals surface area contributed by atoms with E-state index in [0.29, 0.717) is 9.80 Å². The summed E-state index contributed by atoms with van der Waals surface area (Å²) in [4.78, 5) is 0.265. The van der Waals surface area contributed by atoms with Gasteiger partial charge in [0, 0.05) is 26.9 Å². The Hall–Kier alpha value is 0.570. The molecule has 0 radical (unpaired) electrons. The minimum absolute atomic E-state index is 0.265. The first-order chi connectivity index (χ1) is 8.54. The van der Waals surface area contributed by atoms with Crippen LogP contribution in [0.2, 0.25) is 0 Å². The highest BCUT2D eigenvalue weighted by Gasteiger charge is 2.34. The number of hydrogen-bond acceptors (Lipinski definition) is 2. The van der Waals surface area contributed by atoms with Crippen LogP contribution in [0.3, 0.4) is 0 Å². The predicted molar refractivity (Wildman–Crippen MR) is 89.4 cm³/mol. The molecule has 0 fully saturated rings. The second-order valence-corrected chi connectivity index (χ2v) is 9.16. The van der Waals surface area contributed by atoms with Gasteiger partial charge in [0.1, 0.15) is 0 Å². The maximum atomic E-state index is 12.7. The van der Waals surface area contributed by atoms with Crippen LogP contribution >= 0.6 is 47.8 Å². The molecule has 0 bridgehead atoms. The Morgan fingerprint density at radius 3 is 2.21 bits per heavy atom. The van der Waals surface area contributed by atoms with E-state index in [0.717, 1.165) is 10.0 Å². The normalized spacial score (nSPS) is 13.1. The van der Waals surface area contributed by atoms with Gasteiger partial charge in [0.15, 0.2) is 0 Å². The molecule has 0 spiro atoms. The van der Waals surface area contributed by atoms with Crippen LogP contribution in [0.15, 0.2) is 26.0 Å². The summed E-state index contributed by atoms with van der Waals surface area (Å²) in [5, 5.41) is 0.556. The molecule has 19 heavy (non-hydrogen) atoms. The van der Waals surface area contributed by atoms with Crippen molar-refractivity contribution < 1.29 is 8.42 Å². The monoisotopic (exact) mass is 475 g/mol. The van der Waals surface area contributed by atoms with Crippen molar-refractivity contribution in [3.8, 4) is 0 Å². The Bertz CT molecular complexity index is 585. The molecule has 0 aliphatic rings. The van der Waals surface area contributed by atoms with Gasteiger partial charge >= 0.3 is 0 Å². The van der Waals surface area contributed by atoms with Gasteiger partial charge in [-0.1, -0.05) is 31.9 Å². The lowest BCUT2D eigenvalue weighted by Gasteiger charge is -2.33. The molecule has 3 nitrogen and oxygen atoms in total. The van der Waals surface area contributed by atoms with Crippen molar-refractivity contribution in [1.29, 1.82) is 0 Å². The van der Waals surface area contributed by atoms with Crippen LogP contribution in [0.4, 0.5) is 0 Å². The first-order valence-corrected chi connectivity index (χ1v) is 9.69. The van der Waals surface area contributed by atoms with Crippen molar-refractivity contribution >= 4 is 57.8 Å². The summed E-state index contributed by atoms with van der Waals surface area (Å²) in [6.07, 6.45) is 0. The van der Waals surface area contributed by atoms with Crippen molar-refractivity contribution in [2.75, 3.05) is 12.4 Å². The zero-order valence-electron chi connectivity index (χ0n) is 11.2. The fraction of sp³-hybridized carbons (Fsp3) is 0.500. The van der Waals surface area contributed by atoms with Gasteiger partial charge in [-0.3, -0.25) is 0 Å². The van der Waals surface area contributed by atoms with Crippen molar-refractivity contribution in [2.45, 2.75) is 31.2 Å². The van der Waals surface area contributed by atoms with E-state index in [9.17, 15) is 8.42 Å². The van der Waals surface area contributed by atoms with Gasteiger partial charge in [-0.25, -0.2) is 8.42 Å². The van der Waals surface area contributed by atoms with Crippen LogP contribution in [-0.4, -0.2) is 30.6 Å². The lowest BCUT2D eigenvalue weighted by molar-refractivity contribution is 0.299. The molecule has 1 aromatic carbocycles. The molecular formula is C12H16Br3NO2S. The number of rotatable bonds is 4. The van der Waals surface area contributed by atoms with Crippen molar-refractivity contribution in [3.63, 3.8) is 0 Å². The van der Waals surface area contributed by atoms with E-state index < -0.39 is 15.6 Å². The molecule has 0 amide bonds. The number of alkyl halides is 1. The first kappa shape index (κ1) is 17.6. The summed E-state index contributed by atoms with van der Waals surface area (Å²) in [6.45, 7) is 5.66. The van der Waals surface area contributed by atoms with Crippen LogP contribution in [-0.2, 0) is 10.0 Å². The highest BCUT2D eigenvalue weighted by atomic mass is 79.9. The third-order valence-electron chi connectivity index (χ3n) is 3.03. The van der Waals surface area contributed by atoms with Crippen LogP contribution in [0, 0.1) is 6.92 Å². The average molecular weight is 478 g/mol. The zero-order valence-corrected chi connectivity index (χ0v) is 16.7. The molecule has 0 N–H and O–H groups in total. The summed E-state index contributed by atoms with van der Waals surface area (Å²) in [5.74, 6) is 0. The number of benzene rings is 1. The van der Waals surface area contributed by atoms with E-state index in [4.69, 9.17) is 0 Å². The van der Waals surface area contributed by atoms with Crippen LogP contribution < -0.4 is 0 Å². The topological polar surface area (TPSA) is 37.4 Å². The van der Waals surface area contributed by atoms with Crippen LogP contribution in [0.25, 0.3) is 0 Å². The maximum absolute atomic E-state index is 12.7. The number of aryl methyl sites for hydroxylation is 1. The van der Waals surface area contributed by atoms with Gasteiger partial charge in [-0.15, -0.1) is 0 Å². The Labute approximate surface area is 140 Å². The maximum Gasteiger partial charge on any atom is 0.244 e. The molecule has 108 valence electrons. The highest BCUT2D eigenvalue weighted by Crippen LogP contribution is 2.33. The van der Waals surface area contributed by atoms with E-state index in [-0.39, 0.29) is 4.90 Å². The van der Waals surface area contributed by atoms with Crippen molar-refractivity contribution in [3.05, 3.63) is 26.6 Å². The molecule has 0 saturated heterocycles. The molecule has 0 aliphatic heterocycles. The van der Waals surface area contributed by atoms with Gasteiger partial charge in [0.25, 0.3) is 0 Å². The Balaban J connectivity index is 3.40. The van der Waals surface area contributed by atoms with E-state index >= 15 is 0 Å². The van der Waals surface area contributed by atoms with Crippen molar-refractivity contribution in [2.24, 2.45) is 0 Å².